The summed E-state index contributed by atoms with van der Waals surface area (Å²) < 4.78 is 0. The number of amides is 1. The fourth-order valence-corrected chi connectivity index (χ4v) is 4.19. The number of fused-ring (bicyclic) bond motifs is 3. The Morgan fingerprint density at radius 2 is 2.08 bits per heavy atom. The molecular formula is C20H22N4O. The van der Waals surface area contributed by atoms with Crippen molar-refractivity contribution in [2.45, 2.75) is 19.4 Å². The van der Waals surface area contributed by atoms with E-state index >= 15 is 0 Å². The molecular weight excluding hydrogens is 312 g/mol. The molecule has 3 aromatic rings. The topological polar surface area (TPSA) is 61.0 Å². The highest BCUT2D eigenvalue weighted by Crippen LogP contribution is 2.45. The number of carbonyl (C=O) groups excluding carboxylic acids is 1. The lowest BCUT2D eigenvalue weighted by Crippen LogP contribution is -2.36. The van der Waals surface area contributed by atoms with Crippen molar-refractivity contribution >= 4 is 22.6 Å². The van der Waals surface area contributed by atoms with E-state index in [9.17, 15) is 4.79 Å². The highest BCUT2D eigenvalue weighted by Gasteiger charge is 2.35. The summed E-state index contributed by atoms with van der Waals surface area (Å²) in [4.78, 5) is 22.4. The molecule has 128 valence electrons. The summed E-state index contributed by atoms with van der Waals surface area (Å²) in [5, 5.41) is 2.77. The summed E-state index contributed by atoms with van der Waals surface area (Å²) >= 11 is 0. The molecule has 2 unspecified atom stereocenters. The van der Waals surface area contributed by atoms with Gasteiger partial charge in [-0.3, -0.25) is 4.79 Å². The number of anilines is 1. The minimum absolute atomic E-state index is 0.0495. The predicted molar refractivity (Wildman–Crippen MR) is 99.9 cm³/mol. The van der Waals surface area contributed by atoms with E-state index < -0.39 is 0 Å². The molecule has 2 aromatic carbocycles. The minimum Gasteiger partial charge on any atom is -0.365 e. The Morgan fingerprint density at radius 1 is 1.32 bits per heavy atom. The number of aromatic nitrogens is 2. The first kappa shape index (κ1) is 15.7. The molecule has 2 N–H and O–H groups in total. The first-order valence-electron chi connectivity index (χ1n) is 8.60. The number of benzene rings is 2. The van der Waals surface area contributed by atoms with Gasteiger partial charge in [-0.15, -0.1) is 0 Å². The second-order valence-corrected chi connectivity index (χ2v) is 6.78. The van der Waals surface area contributed by atoms with Crippen molar-refractivity contribution in [1.29, 1.82) is 0 Å². The zero-order valence-electron chi connectivity index (χ0n) is 14.7. The van der Waals surface area contributed by atoms with E-state index in [1.165, 1.54) is 5.56 Å². The molecule has 2 atom stereocenters. The minimum atomic E-state index is -0.0495. The van der Waals surface area contributed by atoms with E-state index in [2.05, 4.69) is 58.4 Å². The third-order valence-corrected chi connectivity index (χ3v) is 5.24. The normalized spacial score (nSPS) is 19.7. The van der Waals surface area contributed by atoms with E-state index in [1.54, 1.807) is 13.4 Å². The molecule has 0 spiro atoms. The monoisotopic (exact) mass is 334 g/mol. The Balaban J connectivity index is 1.94. The van der Waals surface area contributed by atoms with E-state index in [0.717, 1.165) is 34.3 Å². The fourth-order valence-electron chi connectivity index (χ4n) is 4.19. The standard InChI is InChI=1S/C20H22N4O/c1-12-9-14-15(20(25)21-2)10-16-17(23-11-22-16)19(14)24(3)18(12)13-7-5-4-6-8-13/h4-8,10-12,18H,9H2,1-3H3,(H,21,25)(H,22,23). The molecule has 0 radical (unpaired) electrons. The van der Waals surface area contributed by atoms with Gasteiger partial charge in [0.25, 0.3) is 5.91 Å². The van der Waals surface area contributed by atoms with Crippen LogP contribution in [0.3, 0.4) is 0 Å². The Kier molecular flexibility index (Phi) is 3.71. The van der Waals surface area contributed by atoms with Gasteiger partial charge in [-0.1, -0.05) is 37.3 Å². The van der Waals surface area contributed by atoms with Crippen LogP contribution in [-0.2, 0) is 6.42 Å². The van der Waals surface area contributed by atoms with Gasteiger partial charge < -0.3 is 15.2 Å². The second kappa shape index (κ2) is 5.92. The van der Waals surface area contributed by atoms with Gasteiger partial charge >= 0.3 is 0 Å². The quantitative estimate of drug-likeness (QED) is 0.756. The summed E-state index contributed by atoms with van der Waals surface area (Å²) in [6.07, 6.45) is 2.55. The Bertz CT molecular complexity index is 932. The first-order chi connectivity index (χ1) is 12.1. The molecule has 25 heavy (non-hydrogen) atoms. The first-order valence-corrected chi connectivity index (χ1v) is 8.60. The molecule has 1 aliphatic rings. The van der Waals surface area contributed by atoms with Crippen LogP contribution in [0.1, 0.15) is 34.5 Å². The van der Waals surface area contributed by atoms with Gasteiger partial charge in [-0.2, -0.15) is 0 Å². The molecule has 5 heteroatoms. The van der Waals surface area contributed by atoms with Crippen LogP contribution in [-0.4, -0.2) is 30.0 Å². The average Bonchev–Trinajstić information content (AvgIpc) is 3.09. The summed E-state index contributed by atoms with van der Waals surface area (Å²) in [6.45, 7) is 2.25. The van der Waals surface area contributed by atoms with Crippen LogP contribution in [0.4, 0.5) is 5.69 Å². The van der Waals surface area contributed by atoms with E-state index in [0.29, 0.717) is 5.92 Å². The van der Waals surface area contributed by atoms with Crippen molar-refractivity contribution < 1.29 is 4.79 Å². The average molecular weight is 334 g/mol. The lowest BCUT2D eigenvalue weighted by atomic mass is 9.81. The number of nitrogens with one attached hydrogen (secondary N) is 2. The second-order valence-electron chi connectivity index (χ2n) is 6.78. The zero-order valence-corrected chi connectivity index (χ0v) is 14.7. The molecule has 0 saturated carbocycles. The van der Waals surface area contributed by atoms with Gasteiger partial charge in [-0.25, -0.2) is 4.98 Å². The van der Waals surface area contributed by atoms with E-state index in [-0.39, 0.29) is 11.9 Å². The maximum Gasteiger partial charge on any atom is 0.251 e. The molecule has 2 heterocycles. The lowest BCUT2D eigenvalue weighted by molar-refractivity contribution is 0.0962. The molecule has 5 nitrogen and oxygen atoms in total. The lowest BCUT2D eigenvalue weighted by Gasteiger charge is -2.41. The number of H-pyrrole nitrogens is 1. The number of rotatable bonds is 2. The number of hydrogen-bond donors (Lipinski definition) is 2. The predicted octanol–water partition coefficient (Wildman–Crippen LogP) is 3.29. The molecule has 1 amide bonds. The highest BCUT2D eigenvalue weighted by atomic mass is 16.1. The molecule has 1 aromatic heterocycles. The fraction of sp³-hybridized carbons (Fsp3) is 0.300. The van der Waals surface area contributed by atoms with Crippen LogP contribution in [0, 0.1) is 5.92 Å². The maximum atomic E-state index is 12.5. The molecule has 1 aliphatic heterocycles. The van der Waals surface area contributed by atoms with E-state index in [4.69, 9.17) is 0 Å². The van der Waals surface area contributed by atoms with Crippen molar-refractivity contribution in [1.82, 2.24) is 15.3 Å². The van der Waals surface area contributed by atoms with Crippen LogP contribution >= 0.6 is 0 Å². The van der Waals surface area contributed by atoms with Crippen LogP contribution in [0.5, 0.6) is 0 Å². The van der Waals surface area contributed by atoms with Crippen LogP contribution in [0.2, 0.25) is 0 Å². The Labute approximate surface area is 147 Å². The van der Waals surface area contributed by atoms with Gasteiger partial charge in [0.05, 0.1) is 23.6 Å². The Morgan fingerprint density at radius 3 is 2.80 bits per heavy atom. The van der Waals surface area contributed by atoms with Crippen LogP contribution in [0.15, 0.2) is 42.7 Å². The Hall–Kier alpha value is -2.82. The van der Waals surface area contributed by atoms with E-state index in [1.807, 2.05) is 12.1 Å². The number of imidazole rings is 1. The molecule has 4 rings (SSSR count). The van der Waals surface area contributed by atoms with Gasteiger partial charge in [0.15, 0.2) is 0 Å². The van der Waals surface area contributed by atoms with Crippen molar-refractivity contribution in [2.24, 2.45) is 5.92 Å². The van der Waals surface area contributed by atoms with Crippen molar-refractivity contribution in [3.8, 4) is 0 Å². The molecule has 0 aliphatic carbocycles. The molecule has 0 saturated heterocycles. The zero-order chi connectivity index (χ0) is 17.6. The third-order valence-electron chi connectivity index (χ3n) is 5.24. The third kappa shape index (κ3) is 2.38. The summed E-state index contributed by atoms with van der Waals surface area (Å²) in [5.74, 6) is 0.339. The number of aromatic amines is 1. The van der Waals surface area contributed by atoms with Crippen LogP contribution in [0.25, 0.3) is 11.0 Å². The highest BCUT2D eigenvalue weighted by molar-refractivity contribution is 6.04. The van der Waals surface area contributed by atoms with Gasteiger partial charge in [0, 0.05) is 19.7 Å². The number of nitrogens with zero attached hydrogens (tertiary/aromatic N) is 2. The maximum absolute atomic E-state index is 12.5. The smallest absolute Gasteiger partial charge is 0.251 e. The summed E-state index contributed by atoms with van der Waals surface area (Å²) in [7, 11) is 3.78. The summed E-state index contributed by atoms with van der Waals surface area (Å²) in [6, 6.07) is 12.7. The number of hydrogen-bond acceptors (Lipinski definition) is 3. The van der Waals surface area contributed by atoms with Gasteiger partial charge in [-0.05, 0) is 29.5 Å². The number of carbonyl (C=O) groups is 1. The van der Waals surface area contributed by atoms with Crippen LogP contribution < -0.4 is 10.2 Å². The molecule has 0 fully saturated rings. The summed E-state index contributed by atoms with van der Waals surface area (Å²) in [5.41, 5.74) is 5.99. The SMILES string of the molecule is CNC(=O)c1cc2[nH]cnc2c2c1CC(C)C(c1ccccc1)N2C. The molecule has 0 bridgehead atoms. The van der Waals surface area contributed by atoms with Gasteiger partial charge in [0.1, 0.15) is 5.52 Å². The largest absolute Gasteiger partial charge is 0.365 e. The van der Waals surface area contributed by atoms with Crippen molar-refractivity contribution in [3.63, 3.8) is 0 Å². The van der Waals surface area contributed by atoms with Crippen molar-refractivity contribution in [3.05, 3.63) is 59.4 Å². The van der Waals surface area contributed by atoms with Crippen molar-refractivity contribution in [2.75, 3.05) is 19.0 Å². The van der Waals surface area contributed by atoms with Gasteiger partial charge in [0.2, 0.25) is 0 Å².